The minimum atomic E-state index is -0.407. The molecule has 0 aliphatic rings. The molecule has 0 spiro atoms. The average Bonchev–Trinajstić information content (AvgIpc) is 2.87. The van der Waals surface area contributed by atoms with Crippen molar-refractivity contribution in [1.82, 2.24) is 0 Å². The van der Waals surface area contributed by atoms with E-state index in [4.69, 9.17) is 4.74 Å². The van der Waals surface area contributed by atoms with E-state index >= 15 is 0 Å². The van der Waals surface area contributed by atoms with Crippen LogP contribution in [0, 0.1) is 13.8 Å². The van der Waals surface area contributed by atoms with Gasteiger partial charge in [0.05, 0.1) is 11.7 Å². The highest BCUT2D eigenvalue weighted by atomic mass is 32.1. The number of ether oxygens (including phenoxy) is 1. The number of fused-ring (bicyclic) bond motifs is 1. The van der Waals surface area contributed by atoms with Crippen LogP contribution in [0.5, 0.6) is 0 Å². The van der Waals surface area contributed by atoms with E-state index in [1.807, 2.05) is 50.2 Å². The molecule has 0 radical (unpaired) electrons. The van der Waals surface area contributed by atoms with Crippen molar-refractivity contribution in [3.8, 4) is 0 Å². The first-order chi connectivity index (χ1) is 12.4. The lowest BCUT2D eigenvalue weighted by atomic mass is 10.0. The number of amides is 1. The smallest absolute Gasteiger partial charge is 0.341 e. The minimum Gasteiger partial charge on any atom is -0.459 e. The number of carbonyl (C=O) groups excluding carboxylic acids is 2. The molecule has 5 heteroatoms. The Kier molecular flexibility index (Phi) is 5.09. The summed E-state index contributed by atoms with van der Waals surface area (Å²) in [7, 11) is 0. The predicted octanol–water partition coefficient (Wildman–Crippen LogP) is 5.34. The van der Waals surface area contributed by atoms with E-state index in [-0.39, 0.29) is 12.0 Å². The lowest BCUT2D eigenvalue weighted by Crippen LogP contribution is -2.17. The normalized spacial score (nSPS) is 11.0. The summed E-state index contributed by atoms with van der Waals surface area (Å²) in [5.41, 5.74) is 1.86. The zero-order chi connectivity index (χ0) is 18.8. The van der Waals surface area contributed by atoms with Gasteiger partial charge in [-0.15, -0.1) is 11.3 Å². The fourth-order valence-electron chi connectivity index (χ4n) is 2.83. The number of hydrogen-bond acceptors (Lipinski definition) is 4. The molecule has 1 aromatic heterocycles. The van der Waals surface area contributed by atoms with Gasteiger partial charge in [-0.25, -0.2) is 4.79 Å². The molecule has 0 unspecified atom stereocenters. The molecule has 134 valence electrons. The molecule has 26 heavy (non-hydrogen) atoms. The molecule has 1 heterocycles. The average molecular weight is 367 g/mol. The summed E-state index contributed by atoms with van der Waals surface area (Å²) in [6.07, 6.45) is -0.219. The number of aryl methyl sites for hydroxylation is 1. The summed E-state index contributed by atoms with van der Waals surface area (Å²) in [5.74, 6) is -0.642. The summed E-state index contributed by atoms with van der Waals surface area (Å²) < 4.78 is 5.35. The van der Waals surface area contributed by atoms with Gasteiger partial charge < -0.3 is 10.1 Å². The maximum Gasteiger partial charge on any atom is 0.341 e. The highest BCUT2D eigenvalue weighted by Gasteiger charge is 2.23. The Balaban J connectivity index is 1.97. The number of anilines is 1. The maximum absolute atomic E-state index is 12.9. The summed E-state index contributed by atoms with van der Waals surface area (Å²) in [4.78, 5) is 26.3. The van der Waals surface area contributed by atoms with E-state index in [2.05, 4.69) is 5.32 Å². The van der Waals surface area contributed by atoms with E-state index in [1.165, 1.54) is 11.3 Å². The summed E-state index contributed by atoms with van der Waals surface area (Å²) in [6.45, 7) is 7.41. The van der Waals surface area contributed by atoms with Crippen molar-refractivity contribution in [2.75, 3.05) is 5.32 Å². The van der Waals surface area contributed by atoms with Gasteiger partial charge in [-0.1, -0.05) is 36.4 Å². The second-order valence-electron chi connectivity index (χ2n) is 6.42. The number of carbonyl (C=O) groups is 2. The van der Waals surface area contributed by atoms with E-state index in [0.717, 1.165) is 21.2 Å². The minimum absolute atomic E-state index is 0.219. The van der Waals surface area contributed by atoms with Crippen molar-refractivity contribution in [3.05, 3.63) is 64.0 Å². The van der Waals surface area contributed by atoms with Crippen molar-refractivity contribution in [2.45, 2.75) is 33.8 Å². The molecule has 1 amide bonds. The zero-order valence-corrected chi connectivity index (χ0v) is 16.1. The monoisotopic (exact) mass is 367 g/mol. The highest BCUT2D eigenvalue weighted by Crippen LogP contribution is 2.34. The van der Waals surface area contributed by atoms with E-state index in [0.29, 0.717) is 16.1 Å². The lowest BCUT2D eigenvalue weighted by Gasteiger charge is -2.11. The van der Waals surface area contributed by atoms with Crippen molar-refractivity contribution >= 4 is 39.0 Å². The molecule has 3 rings (SSSR count). The fourth-order valence-corrected chi connectivity index (χ4v) is 3.87. The Bertz CT molecular complexity index is 983. The third-order valence-corrected chi connectivity index (χ3v) is 5.32. The Morgan fingerprint density at radius 3 is 2.46 bits per heavy atom. The van der Waals surface area contributed by atoms with Gasteiger partial charge in [0.25, 0.3) is 5.91 Å². The zero-order valence-electron chi connectivity index (χ0n) is 15.3. The molecule has 0 bridgehead atoms. The van der Waals surface area contributed by atoms with Gasteiger partial charge >= 0.3 is 5.97 Å². The number of nitrogens with one attached hydrogen (secondary N) is 1. The summed E-state index contributed by atoms with van der Waals surface area (Å²) in [5, 5.41) is 5.32. The number of benzene rings is 2. The summed E-state index contributed by atoms with van der Waals surface area (Å²) in [6, 6.07) is 13.4. The first-order valence-corrected chi connectivity index (χ1v) is 9.30. The van der Waals surface area contributed by atoms with Gasteiger partial charge in [-0.05, 0) is 50.1 Å². The van der Waals surface area contributed by atoms with Crippen LogP contribution >= 0.6 is 11.3 Å². The van der Waals surface area contributed by atoms with Gasteiger partial charge in [0, 0.05) is 10.4 Å². The van der Waals surface area contributed by atoms with Gasteiger partial charge in [0.15, 0.2) is 0 Å². The number of thiophene rings is 1. The largest absolute Gasteiger partial charge is 0.459 e. The van der Waals surface area contributed by atoms with Crippen LogP contribution in [0.15, 0.2) is 42.5 Å². The van der Waals surface area contributed by atoms with Crippen LogP contribution < -0.4 is 5.32 Å². The predicted molar refractivity (Wildman–Crippen MR) is 106 cm³/mol. The van der Waals surface area contributed by atoms with Gasteiger partial charge in [0.2, 0.25) is 0 Å². The second-order valence-corrected chi connectivity index (χ2v) is 7.65. The van der Waals surface area contributed by atoms with E-state index in [1.54, 1.807) is 19.9 Å². The maximum atomic E-state index is 12.9. The second kappa shape index (κ2) is 7.30. The molecule has 0 aliphatic heterocycles. The van der Waals surface area contributed by atoms with Gasteiger partial charge in [-0.3, -0.25) is 4.79 Å². The molecule has 3 aromatic rings. The van der Waals surface area contributed by atoms with Crippen molar-refractivity contribution in [1.29, 1.82) is 0 Å². The highest BCUT2D eigenvalue weighted by molar-refractivity contribution is 7.16. The lowest BCUT2D eigenvalue weighted by molar-refractivity contribution is 0.0379. The number of hydrogen-bond donors (Lipinski definition) is 1. The van der Waals surface area contributed by atoms with E-state index in [9.17, 15) is 9.59 Å². The first-order valence-electron chi connectivity index (χ1n) is 8.48. The first kappa shape index (κ1) is 18.1. The van der Waals surface area contributed by atoms with Crippen molar-refractivity contribution < 1.29 is 14.3 Å². The molecule has 2 aromatic carbocycles. The Hall–Kier alpha value is -2.66. The van der Waals surface area contributed by atoms with Crippen LogP contribution in [0.4, 0.5) is 5.00 Å². The molecular formula is C21H21NO3S. The number of esters is 1. The van der Waals surface area contributed by atoms with Crippen LogP contribution in [0.1, 0.15) is 45.0 Å². The number of rotatable bonds is 4. The molecule has 0 saturated heterocycles. The van der Waals surface area contributed by atoms with E-state index < -0.39 is 5.97 Å². The van der Waals surface area contributed by atoms with Gasteiger partial charge in [0.1, 0.15) is 5.00 Å². The third kappa shape index (κ3) is 3.48. The standard InChI is InChI=1S/C21H21NO3S/c1-12(2)25-21(24)18-13(3)14(4)26-20(18)22-19(23)17-11-7-9-15-8-5-6-10-16(15)17/h5-12H,1-4H3,(H,22,23). The molecule has 0 saturated carbocycles. The quantitative estimate of drug-likeness (QED) is 0.634. The van der Waals surface area contributed by atoms with Crippen molar-refractivity contribution in [2.24, 2.45) is 0 Å². The third-order valence-electron chi connectivity index (χ3n) is 4.19. The molecule has 1 N–H and O–H groups in total. The molecule has 0 atom stereocenters. The summed E-state index contributed by atoms with van der Waals surface area (Å²) >= 11 is 1.39. The Labute approximate surface area is 156 Å². The molecule has 0 aliphatic carbocycles. The molecule has 4 nitrogen and oxygen atoms in total. The van der Waals surface area contributed by atoms with Crippen molar-refractivity contribution in [3.63, 3.8) is 0 Å². The fraction of sp³-hybridized carbons (Fsp3) is 0.238. The Morgan fingerprint density at radius 2 is 1.73 bits per heavy atom. The van der Waals surface area contributed by atoms with Gasteiger partial charge in [-0.2, -0.15) is 0 Å². The van der Waals surface area contributed by atoms with Crippen LogP contribution in [0.2, 0.25) is 0 Å². The van der Waals surface area contributed by atoms with Crippen LogP contribution in [0.3, 0.4) is 0 Å². The SMILES string of the molecule is Cc1sc(NC(=O)c2cccc3ccccc23)c(C(=O)OC(C)C)c1C. The molecular weight excluding hydrogens is 346 g/mol. The van der Waals surface area contributed by atoms with Crippen LogP contribution in [0.25, 0.3) is 10.8 Å². The van der Waals surface area contributed by atoms with Crippen LogP contribution in [-0.4, -0.2) is 18.0 Å². The van der Waals surface area contributed by atoms with Crippen LogP contribution in [-0.2, 0) is 4.74 Å². The topological polar surface area (TPSA) is 55.4 Å². The Morgan fingerprint density at radius 1 is 1.04 bits per heavy atom. The molecule has 0 fully saturated rings.